The van der Waals surface area contributed by atoms with Crippen LogP contribution in [-0.4, -0.2) is 85.1 Å². The summed E-state index contributed by atoms with van der Waals surface area (Å²) >= 11 is 0. The van der Waals surface area contributed by atoms with Crippen molar-refractivity contribution in [3.8, 4) is 0 Å². The number of esters is 1. The van der Waals surface area contributed by atoms with E-state index in [0.717, 1.165) is 64.2 Å². The van der Waals surface area contributed by atoms with Gasteiger partial charge in [0.25, 0.3) is 0 Å². The highest BCUT2D eigenvalue weighted by Crippen LogP contribution is 2.15. The van der Waals surface area contributed by atoms with E-state index in [-0.39, 0.29) is 12.5 Å². The van der Waals surface area contributed by atoms with Crippen molar-refractivity contribution in [1.29, 1.82) is 0 Å². The molecule has 0 bridgehead atoms. The van der Waals surface area contributed by atoms with E-state index in [2.05, 4.69) is 11.7 Å². The van der Waals surface area contributed by atoms with Crippen molar-refractivity contribution < 1.29 is 45.3 Å². The van der Waals surface area contributed by atoms with Gasteiger partial charge in [0.05, 0.1) is 12.7 Å². The molecule has 9 heteroatoms. The minimum absolute atomic E-state index is 0.0534. The second-order valence-corrected chi connectivity index (χ2v) is 8.97. The second kappa shape index (κ2) is 20.6. The lowest BCUT2D eigenvalue weighted by Gasteiger charge is -2.28. The number of unbranched alkanes of at least 4 members (excludes halogenated alkanes) is 10. The predicted octanol–water partition coefficient (Wildman–Crippen LogP) is 1.52. The number of rotatable bonds is 22. The van der Waals surface area contributed by atoms with Crippen molar-refractivity contribution in [2.24, 2.45) is 0 Å². The van der Waals surface area contributed by atoms with Gasteiger partial charge in [0.1, 0.15) is 24.4 Å². The Morgan fingerprint density at radius 2 is 1.15 bits per heavy atom. The Hall–Kier alpha value is -0.810. The molecule has 7 N–H and O–H groups in total. The van der Waals surface area contributed by atoms with Crippen molar-refractivity contribution in [3.05, 3.63) is 0 Å². The standard InChI is InChI=1S/C24H48O9/c1-2-3-4-11-14-18(26)15-12-9-7-5-6-8-10-13-16-20(28)33-24(32)23(31)22(30)21(29)19(27)17-25/h18-19,21-27,29-32H,2-17H2,1H3/t18?,19-,21-,22+,23-,24?/m1/s1. The van der Waals surface area contributed by atoms with Crippen LogP contribution >= 0.6 is 0 Å². The van der Waals surface area contributed by atoms with Gasteiger partial charge in [-0.1, -0.05) is 77.6 Å². The first-order valence-corrected chi connectivity index (χ1v) is 12.6. The average Bonchev–Trinajstić information content (AvgIpc) is 2.80. The second-order valence-electron chi connectivity index (χ2n) is 8.97. The summed E-state index contributed by atoms with van der Waals surface area (Å²) in [4.78, 5) is 11.8. The largest absolute Gasteiger partial charge is 0.433 e. The molecule has 0 rings (SSSR count). The molecule has 0 fully saturated rings. The summed E-state index contributed by atoms with van der Waals surface area (Å²) in [6.07, 6.45) is 4.63. The third kappa shape index (κ3) is 16.5. The maximum absolute atomic E-state index is 11.8. The highest BCUT2D eigenvalue weighted by molar-refractivity contribution is 5.69. The Morgan fingerprint density at radius 1 is 0.667 bits per heavy atom. The first-order chi connectivity index (χ1) is 15.7. The molecule has 0 radical (unpaired) electrons. The van der Waals surface area contributed by atoms with E-state index in [1.165, 1.54) is 19.3 Å². The molecule has 33 heavy (non-hydrogen) atoms. The van der Waals surface area contributed by atoms with Crippen LogP contribution in [0.2, 0.25) is 0 Å². The molecule has 0 heterocycles. The molecule has 198 valence electrons. The predicted molar refractivity (Wildman–Crippen MR) is 124 cm³/mol. The highest BCUT2D eigenvalue weighted by atomic mass is 16.6. The third-order valence-electron chi connectivity index (χ3n) is 5.88. The lowest BCUT2D eigenvalue weighted by Crippen LogP contribution is -2.50. The van der Waals surface area contributed by atoms with Crippen molar-refractivity contribution in [3.63, 3.8) is 0 Å². The smallest absolute Gasteiger partial charge is 0.308 e. The summed E-state index contributed by atoms with van der Waals surface area (Å²) in [7, 11) is 0. The van der Waals surface area contributed by atoms with E-state index < -0.39 is 43.3 Å². The normalized spacial score (nSPS) is 17.2. The fourth-order valence-electron chi connectivity index (χ4n) is 3.63. The van der Waals surface area contributed by atoms with Crippen LogP contribution < -0.4 is 0 Å². The molecule has 6 atom stereocenters. The molecule has 0 aromatic rings. The lowest BCUT2D eigenvalue weighted by molar-refractivity contribution is -0.213. The Labute approximate surface area is 198 Å². The minimum Gasteiger partial charge on any atom is -0.433 e. The van der Waals surface area contributed by atoms with E-state index in [9.17, 15) is 35.4 Å². The first kappa shape index (κ1) is 32.2. The molecule has 0 saturated heterocycles. The fraction of sp³-hybridized carbons (Fsp3) is 0.958. The van der Waals surface area contributed by atoms with Gasteiger partial charge in [-0.25, -0.2) is 0 Å². The van der Waals surface area contributed by atoms with Crippen LogP contribution in [0.4, 0.5) is 0 Å². The summed E-state index contributed by atoms with van der Waals surface area (Å²) < 4.78 is 4.66. The number of hydrogen-bond acceptors (Lipinski definition) is 9. The molecule has 0 aromatic heterocycles. The molecule has 2 unspecified atom stereocenters. The molecular formula is C24H48O9. The lowest BCUT2D eigenvalue weighted by atomic mass is 10.0. The van der Waals surface area contributed by atoms with Crippen LogP contribution in [0.3, 0.4) is 0 Å². The van der Waals surface area contributed by atoms with Gasteiger partial charge in [0.2, 0.25) is 6.29 Å². The minimum atomic E-state index is -2.05. The van der Waals surface area contributed by atoms with Gasteiger partial charge in [-0.2, -0.15) is 0 Å². The molecule has 9 nitrogen and oxygen atoms in total. The first-order valence-electron chi connectivity index (χ1n) is 12.6. The van der Waals surface area contributed by atoms with Crippen molar-refractivity contribution in [2.75, 3.05) is 6.61 Å². The summed E-state index contributed by atoms with van der Waals surface area (Å²) in [6.45, 7) is 1.34. The van der Waals surface area contributed by atoms with Crippen LogP contribution in [0, 0.1) is 0 Å². The molecule has 0 spiro atoms. The average molecular weight is 481 g/mol. The molecule has 0 aromatic carbocycles. The zero-order valence-electron chi connectivity index (χ0n) is 20.2. The molecule has 0 aliphatic rings. The Balaban J connectivity index is 3.68. The van der Waals surface area contributed by atoms with Crippen molar-refractivity contribution in [1.82, 2.24) is 0 Å². The van der Waals surface area contributed by atoms with E-state index in [0.29, 0.717) is 6.42 Å². The van der Waals surface area contributed by atoms with Gasteiger partial charge in [-0.05, 0) is 19.3 Å². The highest BCUT2D eigenvalue weighted by Gasteiger charge is 2.35. The van der Waals surface area contributed by atoms with Gasteiger partial charge in [-0.3, -0.25) is 4.79 Å². The Morgan fingerprint density at radius 3 is 1.67 bits per heavy atom. The molecule has 0 aliphatic carbocycles. The van der Waals surface area contributed by atoms with Crippen LogP contribution in [0.1, 0.15) is 103 Å². The fourth-order valence-corrected chi connectivity index (χ4v) is 3.63. The van der Waals surface area contributed by atoms with Gasteiger partial charge < -0.3 is 40.5 Å². The Bertz CT molecular complexity index is 463. The molecule has 0 aliphatic heterocycles. The van der Waals surface area contributed by atoms with Crippen LogP contribution in [-0.2, 0) is 9.53 Å². The van der Waals surface area contributed by atoms with Gasteiger partial charge >= 0.3 is 5.97 Å². The Kier molecular flexibility index (Phi) is 20.0. The third-order valence-corrected chi connectivity index (χ3v) is 5.88. The van der Waals surface area contributed by atoms with E-state index >= 15 is 0 Å². The van der Waals surface area contributed by atoms with Crippen molar-refractivity contribution >= 4 is 5.97 Å². The van der Waals surface area contributed by atoms with E-state index in [1.54, 1.807) is 0 Å². The SMILES string of the molecule is CCCCCCC(O)CCCCCCCCCCC(=O)OC(O)[C@H](O)[C@@H](O)[C@H](O)[C@H](O)CO. The summed E-state index contributed by atoms with van der Waals surface area (Å²) in [5, 5.41) is 66.5. The number of aliphatic hydroxyl groups excluding tert-OH is 7. The molecule has 0 saturated carbocycles. The van der Waals surface area contributed by atoms with Crippen molar-refractivity contribution in [2.45, 2.75) is 140 Å². The van der Waals surface area contributed by atoms with Crippen LogP contribution in [0.15, 0.2) is 0 Å². The quantitative estimate of drug-likeness (QED) is 0.0690. The topological polar surface area (TPSA) is 168 Å². The van der Waals surface area contributed by atoms with E-state index in [1.807, 2.05) is 0 Å². The van der Waals surface area contributed by atoms with Crippen LogP contribution in [0.5, 0.6) is 0 Å². The van der Waals surface area contributed by atoms with Crippen LogP contribution in [0.25, 0.3) is 0 Å². The number of ether oxygens (including phenoxy) is 1. The zero-order valence-corrected chi connectivity index (χ0v) is 20.2. The van der Waals surface area contributed by atoms with E-state index in [4.69, 9.17) is 5.11 Å². The monoisotopic (exact) mass is 480 g/mol. The number of carbonyl (C=O) groups is 1. The summed E-state index contributed by atoms with van der Waals surface area (Å²) in [6, 6.07) is 0. The van der Waals surface area contributed by atoms with Gasteiger partial charge in [0.15, 0.2) is 0 Å². The zero-order chi connectivity index (χ0) is 25.1. The van der Waals surface area contributed by atoms with Gasteiger partial charge in [-0.15, -0.1) is 0 Å². The summed E-state index contributed by atoms with van der Waals surface area (Å²) in [5.74, 6) is -0.737. The maximum atomic E-state index is 11.8. The molecule has 0 amide bonds. The summed E-state index contributed by atoms with van der Waals surface area (Å²) in [5.41, 5.74) is 0. The maximum Gasteiger partial charge on any atom is 0.308 e. The number of aliphatic hydroxyl groups is 7. The van der Waals surface area contributed by atoms with Gasteiger partial charge in [0, 0.05) is 6.42 Å². The number of hydrogen-bond donors (Lipinski definition) is 7. The molecular weight excluding hydrogens is 432 g/mol. The number of carbonyl (C=O) groups excluding carboxylic acids is 1.